The summed E-state index contributed by atoms with van der Waals surface area (Å²) in [5.74, 6) is 0. The second-order valence-electron chi connectivity index (χ2n) is 3.83. The number of likely N-dealkylation sites (N-methyl/N-ethyl adjacent to an activating group) is 2. The fourth-order valence-electron chi connectivity index (χ4n) is 1.55. The molecule has 0 fully saturated rings. The van der Waals surface area contributed by atoms with Crippen LogP contribution in [0.2, 0.25) is 0 Å². The van der Waals surface area contributed by atoms with Gasteiger partial charge in [0.15, 0.2) is 0 Å². The Balaban J connectivity index is 3.07. The Morgan fingerprint density at radius 2 is 2.17 bits per heavy atom. The van der Waals surface area contributed by atoms with E-state index in [0.717, 1.165) is 6.07 Å². The van der Waals surface area contributed by atoms with E-state index in [2.05, 4.69) is 5.32 Å². The van der Waals surface area contributed by atoms with Crippen molar-refractivity contribution in [3.63, 3.8) is 0 Å². The fourth-order valence-corrected chi connectivity index (χ4v) is 1.55. The van der Waals surface area contributed by atoms with Crippen molar-refractivity contribution in [3.05, 3.63) is 33.9 Å². The highest BCUT2D eigenvalue weighted by Gasteiger charge is 2.20. The van der Waals surface area contributed by atoms with Crippen LogP contribution in [0.1, 0.15) is 12.0 Å². The van der Waals surface area contributed by atoms with Gasteiger partial charge in [-0.25, -0.2) is 8.78 Å². The SMILES string of the molecule is CNCCN(C)c1ccc(C(F)F)cc1[N+](=O)[O-]. The van der Waals surface area contributed by atoms with Crippen molar-refractivity contribution in [3.8, 4) is 0 Å². The lowest BCUT2D eigenvalue weighted by atomic mass is 10.1. The van der Waals surface area contributed by atoms with E-state index in [0.29, 0.717) is 18.8 Å². The summed E-state index contributed by atoms with van der Waals surface area (Å²) in [6.45, 7) is 1.19. The van der Waals surface area contributed by atoms with E-state index in [1.165, 1.54) is 12.1 Å². The Labute approximate surface area is 104 Å². The molecule has 7 heteroatoms. The quantitative estimate of drug-likeness (QED) is 0.628. The number of alkyl halides is 2. The van der Waals surface area contributed by atoms with Gasteiger partial charge < -0.3 is 10.2 Å². The number of nitro benzene ring substituents is 1. The van der Waals surface area contributed by atoms with Crippen LogP contribution in [0.4, 0.5) is 20.2 Å². The topological polar surface area (TPSA) is 58.4 Å². The first kappa shape index (κ1) is 14.3. The van der Waals surface area contributed by atoms with Crippen LogP contribution in [-0.4, -0.2) is 32.1 Å². The zero-order valence-corrected chi connectivity index (χ0v) is 10.2. The van der Waals surface area contributed by atoms with Crippen LogP contribution in [-0.2, 0) is 0 Å². The second kappa shape index (κ2) is 6.25. The molecule has 0 amide bonds. The number of halogens is 2. The van der Waals surface area contributed by atoms with Crippen molar-refractivity contribution in [1.82, 2.24) is 5.32 Å². The summed E-state index contributed by atoms with van der Waals surface area (Å²) in [5.41, 5.74) is -0.307. The summed E-state index contributed by atoms with van der Waals surface area (Å²) in [4.78, 5) is 11.9. The Kier molecular flexibility index (Phi) is 4.96. The summed E-state index contributed by atoms with van der Waals surface area (Å²) in [6.07, 6.45) is -2.71. The Hall–Kier alpha value is -1.76. The van der Waals surface area contributed by atoms with E-state index >= 15 is 0 Å². The third kappa shape index (κ3) is 3.36. The monoisotopic (exact) mass is 259 g/mol. The summed E-state index contributed by atoms with van der Waals surface area (Å²) in [6, 6.07) is 3.49. The van der Waals surface area contributed by atoms with Crippen molar-refractivity contribution in [2.24, 2.45) is 0 Å². The molecule has 0 bridgehead atoms. The van der Waals surface area contributed by atoms with Gasteiger partial charge in [-0.15, -0.1) is 0 Å². The number of nitro groups is 1. The van der Waals surface area contributed by atoms with Gasteiger partial charge in [-0.2, -0.15) is 0 Å². The molecule has 5 nitrogen and oxygen atoms in total. The lowest BCUT2D eigenvalue weighted by Crippen LogP contribution is -2.27. The minimum absolute atomic E-state index is 0.300. The van der Waals surface area contributed by atoms with Gasteiger partial charge in [0.25, 0.3) is 12.1 Å². The summed E-state index contributed by atoms with van der Waals surface area (Å²) < 4.78 is 25.0. The molecule has 0 atom stereocenters. The van der Waals surface area contributed by atoms with Gasteiger partial charge in [-0.1, -0.05) is 6.07 Å². The average molecular weight is 259 g/mol. The molecule has 0 saturated heterocycles. The molecule has 1 N–H and O–H groups in total. The molecule has 1 rings (SSSR count). The average Bonchev–Trinajstić information content (AvgIpc) is 2.34. The van der Waals surface area contributed by atoms with E-state index in [9.17, 15) is 18.9 Å². The van der Waals surface area contributed by atoms with E-state index in [1.807, 2.05) is 0 Å². The molecule has 0 aromatic heterocycles. The van der Waals surface area contributed by atoms with Crippen LogP contribution in [0.15, 0.2) is 18.2 Å². The Morgan fingerprint density at radius 1 is 1.50 bits per heavy atom. The molecular weight excluding hydrogens is 244 g/mol. The molecule has 0 heterocycles. The summed E-state index contributed by atoms with van der Waals surface area (Å²) in [5, 5.41) is 13.8. The van der Waals surface area contributed by atoms with Crippen LogP contribution in [0.5, 0.6) is 0 Å². The third-order valence-corrected chi connectivity index (χ3v) is 2.56. The number of anilines is 1. The van der Waals surface area contributed by atoms with Gasteiger partial charge in [0.2, 0.25) is 0 Å². The predicted molar refractivity (Wildman–Crippen MR) is 65.3 cm³/mol. The standard InChI is InChI=1S/C11H15F2N3O2/c1-14-5-6-15(2)9-4-3-8(11(12)13)7-10(9)16(17)18/h3-4,7,11,14H,5-6H2,1-2H3. The summed E-state index contributed by atoms with van der Waals surface area (Å²) >= 11 is 0. The maximum Gasteiger partial charge on any atom is 0.292 e. The number of nitrogens with one attached hydrogen (secondary N) is 1. The first-order valence-corrected chi connectivity index (χ1v) is 5.39. The zero-order chi connectivity index (χ0) is 13.7. The largest absolute Gasteiger partial charge is 0.368 e. The molecule has 0 saturated carbocycles. The number of hydrogen-bond donors (Lipinski definition) is 1. The fraction of sp³-hybridized carbons (Fsp3) is 0.455. The highest BCUT2D eigenvalue weighted by atomic mass is 19.3. The van der Waals surface area contributed by atoms with E-state index < -0.39 is 11.3 Å². The molecule has 100 valence electrons. The molecule has 18 heavy (non-hydrogen) atoms. The molecule has 0 aliphatic heterocycles. The number of rotatable bonds is 6. The Morgan fingerprint density at radius 3 is 2.67 bits per heavy atom. The van der Waals surface area contributed by atoms with Crippen molar-refractivity contribution >= 4 is 11.4 Å². The highest BCUT2D eigenvalue weighted by Crippen LogP contribution is 2.31. The van der Waals surface area contributed by atoms with Crippen LogP contribution in [0, 0.1) is 10.1 Å². The number of nitrogens with zero attached hydrogens (tertiary/aromatic N) is 2. The maximum absolute atomic E-state index is 12.5. The summed E-state index contributed by atoms with van der Waals surface area (Å²) in [7, 11) is 3.45. The first-order chi connectivity index (χ1) is 8.47. The van der Waals surface area contributed by atoms with E-state index in [1.54, 1.807) is 19.0 Å². The maximum atomic E-state index is 12.5. The van der Waals surface area contributed by atoms with Crippen molar-refractivity contribution < 1.29 is 13.7 Å². The van der Waals surface area contributed by atoms with Gasteiger partial charge in [0.1, 0.15) is 5.69 Å². The number of hydrogen-bond acceptors (Lipinski definition) is 4. The molecule has 0 aliphatic carbocycles. The molecule has 0 radical (unpaired) electrons. The lowest BCUT2D eigenvalue weighted by Gasteiger charge is -2.19. The predicted octanol–water partition coefficient (Wildman–Crippen LogP) is 2.19. The minimum Gasteiger partial charge on any atom is -0.368 e. The molecular formula is C11H15F2N3O2. The van der Waals surface area contributed by atoms with Crippen molar-refractivity contribution in [2.75, 3.05) is 32.1 Å². The molecule has 0 unspecified atom stereocenters. The van der Waals surface area contributed by atoms with Crippen molar-refractivity contribution in [1.29, 1.82) is 0 Å². The Bertz CT molecular complexity index is 427. The molecule has 0 spiro atoms. The highest BCUT2D eigenvalue weighted by molar-refractivity contribution is 5.64. The second-order valence-corrected chi connectivity index (χ2v) is 3.83. The lowest BCUT2D eigenvalue weighted by molar-refractivity contribution is -0.384. The zero-order valence-electron chi connectivity index (χ0n) is 10.2. The number of benzene rings is 1. The minimum atomic E-state index is -2.71. The normalized spacial score (nSPS) is 10.7. The molecule has 1 aromatic rings. The van der Waals surface area contributed by atoms with E-state index in [-0.39, 0.29) is 11.3 Å². The van der Waals surface area contributed by atoms with Crippen molar-refractivity contribution in [2.45, 2.75) is 6.43 Å². The van der Waals surface area contributed by atoms with Gasteiger partial charge in [0.05, 0.1) is 4.92 Å². The van der Waals surface area contributed by atoms with Crippen LogP contribution < -0.4 is 10.2 Å². The molecule has 1 aromatic carbocycles. The van der Waals surface area contributed by atoms with E-state index in [4.69, 9.17) is 0 Å². The van der Waals surface area contributed by atoms with Crippen LogP contribution >= 0.6 is 0 Å². The van der Waals surface area contributed by atoms with Crippen LogP contribution in [0.25, 0.3) is 0 Å². The van der Waals surface area contributed by atoms with Gasteiger partial charge in [-0.05, 0) is 13.1 Å². The van der Waals surface area contributed by atoms with Crippen LogP contribution in [0.3, 0.4) is 0 Å². The third-order valence-electron chi connectivity index (χ3n) is 2.56. The van der Waals surface area contributed by atoms with Gasteiger partial charge in [0, 0.05) is 31.8 Å². The molecule has 0 aliphatic rings. The smallest absolute Gasteiger partial charge is 0.292 e. The first-order valence-electron chi connectivity index (χ1n) is 5.39. The van der Waals surface area contributed by atoms with Gasteiger partial charge in [-0.3, -0.25) is 10.1 Å². The van der Waals surface area contributed by atoms with Gasteiger partial charge >= 0.3 is 0 Å².